The molecule has 1 N–H and O–H groups in total. The first kappa shape index (κ1) is 32.1. The van der Waals surface area contributed by atoms with Crippen LogP contribution in [0.5, 0.6) is 0 Å². The van der Waals surface area contributed by atoms with Gasteiger partial charge in [0.1, 0.15) is 18.4 Å². The van der Waals surface area contributed by atoms with Crippen LogP contribution in [0.4, 0.5) is 10.1 Å². The summed E-state index contributed by atoms with van der Waals surface area (Å²) in [7, 11) is -4.08. The van der Waals surface area contributed by atoms with Gasteiger partial charge in [-0.15, -0.1) is 0 Å². The van der Waals surface area contributed by atoms with Crippen LogP contribution >= 0.6 is 34.8 Å². The number of carbonyl (C=O) groups excluding carboxylic acids is 2. The number of nitrogens with zero attached hydrogens (tertiary/aromatic N) is 2. The van der Waals surface area contributed by atoms with Gasteiger partial charge < -0.3 is 10.2 Å². The van der Waals surface area contributed by atoms with Crippen molar-refractivity contribution >= 4 is 62.3 Å². The molecule has 0 unspecified atom stereocenters. The highest BCUT2D eigenvalue weighted by atomic mass is 35.5. The molecule has 12 heteroatoms. The summed E-state index contributed by atoms with van der Waals surface area (Å²) in [5.74, 6) is -1.68. The maximum Gasteiger partial charge on any atom is 0.244 e. The fourth-order valence-corrected chi connectivity index (χ4v) is 6.58. The molecule has 224 valence electrons. The zero-order chi connectivity index (χ0) is 30.4. The van der Waals surface area contributed by atoms with E-state index in [2.05, 4.69) is 5.32 Å². The lowest BCUT2D eigenvalue weighted by Gasteiger charge is -2.34. The summed E-state index contributed by atoms with van der Waals surface area (Å²) in [5.41, 5.74) is 0.904. The molecular formula is C30H31Cl3FN3O4S. The van der Waals surface area contributed by atoms with E-state index in [4.69, 9.17) is 34.8 Å². The topological polar surface area (TPSA) is 86.8 Å². The van der Waals surface area contributed by atoms with Crippen LogP contribution in [0.25, 0.3) is 0 Å². The van der Waals surface area contributed by atoms with Gasteiger partial charge in [-0.2, -0.15) is 0 Å². The molecular weight excluding hydrogens is 624 g/mol. The number of benzene rings is 3. The Morgan fingerprint density at radius 2 is 1.57 bits per heavy atom. The minimum Gasteiger partial charge on any atom is -0.352 e. The molecule has 3 aromatic carbocycles. The van der Waals surface area contributed by atoms with Gasteiger partial charge in [0.05, 0.1) is 27.0 Å². The van der Waals surface area contributed by atoms with E-state index >= 15 is 0 Å². The van der Waals surface area contributed by atoms with E-state index in [-0.39, 0.29) is 45.3 Å². The molecule has 0 heterocycles. The number of sulfonamides is 1. The van der Waals surface area contributed by atoms with Gasteiger partial charge in [-0.3, -0.25) is 13.9 Å². The Labute approximate surface area is 260 Å². The van der Waals surface area contributed by atoms with Crippen LogP contribution in [0, 0.1) is 5.82 Å². The van der Waals surface area contributed by atoms with E-state index in [9.17, 15) is 22.4 Å². The fraction of sp³-hybridized carbons (Fsp3) is 0.333. The van der Waals surface area contributed by atoms with Crippen molar-refractivity contribution in [2.45, 2.75) is 50.7 Å². The molecule has 0 bridgehead atoms. The second-order valence-electron chi connectivity index (χ2n) is 10.3. The third-order valence-corrected chi connectivity index (χ3v) is 9.36. The summed E-state index contributed by atoms with van der Waals surface area (Å²) in [6.45, 7) is -0.985. The molecule has 1 atom stereocenters. The molecule has 1 fully saturated rings. The van der Waals surface area contributed by atoms with Gasteiger partial charge in [0.2, 0.25) is 21.8 Å². The molecule has 2 amide bonds. The number of halogens is 4. The van der Waals surface area contributed by atoms with Gasteiger partial charge in [0.15, 0.2) is 0 Å². The van der Waals surface area contributed by atoms with Gasteiger partial charge >= 0.3 is 0 Å². The minimum atomic E-state index is -4.08. The van der Waals surface area contributed by atoms with Crippen molar-refractivity contribution < 1.29 is 22.4 Å². The predicted molar refractivity (Wildman–Crippen MR) is 165 cm³/mol. The summed E-state index contributed by atoms with van der Waals surface area (Å²) >= 11 is 18.6. The summed E-state index contributed by atoms with van der Waals surface area (Å²) in [4.78, 5) is 29.2. The van der Waals surface area contributed by atoms with Crippen LogP contribution < -0.4 is 9.62 Å². The molecule has 42 heavy (non-hydrogen) atoms. The predicted octanol–water partition coefficient (Wildman–Crippen LogP) is 6.25. The molecule has 0 radical (unpaired) electrons. The van der Waals surface area contributed by atoms with Crippen molar-refractivity contribution in [3.8, 4) is 0 Å². The van der Waals surface area contributed by atoms with Crippen molar-refractivity contribution in [1.29, 1.82) is 0 Å². The number of hydrogen-bond donors (Lipinski definition) is 1. The first-order chi connectivity index (χ1) is 19.9. The van der Waals surface area contributed by atoms with Crippen molar-refractivity contribution in [3.05, 3.63) is 98.7 Å². The van der Waals surface area contributed by atoms with E-state index < -0.39 is 40.2 Å². The standard InChI is InChI=1S/C30H31Cl3FN3O4S/c1-42(40,41)37(27-17-24(32)23(31)16-25(27)33)19-29(38)36(18-21-11-5-8-14-26(21)34)28(15-20-9-3-2-4-10-20)30(39)35-22-12-6-7-13-22/h2-5,8-11,14,16-17,22,28H,6-7,12-13,15,18-19H2,1H3,(H,35,39)/t28-/m1/s1. The van der Waals surface area contributed by atoms with Crippen molar-refractivity contribution in [2.24, 2.45) is 0 Å². The van der Waals surface area contributed by atoms with Gasteiger partial charge in [0.25, 0.3) is 0 Å². The van der Waals surface area contributed by atoms with Crippen molar-refractivity contribution in [1.82, 2.24) is 10.2 Å². The third kappa shape index (κ3) is 8.16. The molecule has 1 aliphatic rings. The minimum absolute atomic E-state index is 0.0382. The first-order valence-corrected chi connectivity index (χ1v) is 16.4. The van der Waals surface area contributed by atoms with Crippen LogP contribution in [0.3, 0.4) is 0 Å². The Kier molecular flexibility index (Phi) is 10.8. The lowest BCUT2D eigenvalue weighted by molar-refractivity contribution is -0.140. The van der Waals surface area contributed by atoms with E-state index in [0.29, 0.717) is 0 Å². The molecule has 0 aliphatic heterocycles. The number of hydrogen-bond acceptors (Lipinski definition) is 4. The highest BCUT2D eigenvalue weighted by Crippen LogP contribution is 2.36. The lowest BCUT2D eigenvalue weighted by atomic mass is 10.0. The number of nitrogens with one attached hydrogen (secondary N) is 1. The van der Waals surface area contributed by atoms with Crippen LogP contribution in [0.15, 0.2) is 66.7 Å². The normalized spacial score (nSPS) is 14.4. The second-order valence-corrected chi connectivity index (χ2v) is 13.4. The molecule has 4 rings (SSSR count). The van der Waals surface area contributed by atoms with Crippen LogP contribution in [0.2, 0.25) is 15.1 Å². The van der Waals surface area contributed by atoms with Gasteiger partial charge in [0, 0.05) is 24.6 Å². The number of amides is 2. The van der Waals surface area contributed by atoms with Crippen LogP contribution in [-0.4, -0.2) is 50.0 Å². The first-order valence-electron chi connectivity index (χ1n) is 13.4. The largest absolute Gasteiger partial charge is 0.352 e. The SMILES string of the molecule is CS(=O)(=O)N(CC(=O)N(Cc1ccccc1F)[C@H](Cc1ccccc1)C(=O)NC1CCCC1)c1cc(Cl)c(Cl)cc1Cl. The molecule has 3 aromatic rings. The van der Waals surface area contributed by atoms with E-state index in [0.717, 1.165) is 41.8 Å². The Balaban J connectivity index is 1.76. The summed E-state index contributed by atoms with van der Waals surface area (Å²) in [5, 5.41) is 3.17. The Morgan fingerprint density at radius 1 is 0.952 bits per heavy atom. The maximum atomic E-state index is 14.9. The number of carbonyl (C=O) groups is 2. The van der Waals surface area contributed by atoms with E-state index in [1.165, 1.54) is 35.2 Å². The lowest BCUT2D eigenvalue weighted by Crippen LogP contribution is -2.54. The number of anilines is 1. The fourth-order valence-electron chi connectivity index (χ4n) is 5.03. The third-order valence-electron chi connectivity index (χ3n) is 7.21. The van der Waals surface area contributed by atoms with E-state index in [1.54, 1.807) is 6.07 Å². The average Bonchev–Trinajstić information content (AvgIpc) is 3.45. The highest BCUT2D eigenvalue weighted by Gasteiger charge is 2.35. The monoisotopic (exact) mass is 653 g/mol. The van der Waals surface area contributed by atoms with Crippen molar-refractivity contribution in [3.63, 3.8) is 0 Å². The van der Waals surface area contributed by atoms with Crippen molar-refractivity contribution in [2.75, 3.05) is 17.1 Å². The van der Waals surface area contributed by atoms with Gasteiger partial charge in [-0.25, -0.2) is 12.8 Å². The summed E-state index contributed by atoms with van der Waals surface area (Å²) in [6.07, 6.45) is 4.67. The second kappa shape index (κ2) is 14.1. The van der Waals surface area contributed by atoms with Gasteiger partial charge in [-0.1, -0.05) is 96.2 Å². The van der Waals surface area contributed by atoms with Crippen LogP contribution in [-0.2, 0) is 32.6 Å². The molecule has 0 saturated heterocycles. The average molecular weight is 655 g/mol. The summed E-state index contributed by atoms with van der Waals surface area (Å²) in [6, 6.07) is 16.5. The highest BCUT2D eigenvalue weighted by molar-refractivity contribution is 7.92. The molecule has 0 aromatic heterocycles. The molecule has 1 saturated carbocycles. The number of rotatable bonds is 11. The molecule has 7 nitrogen and oxygen atoms in total. The van der Waals surface area contributed by atoms with E-state index in [1.807, 2.05) is 30.3 Å². The molecule has 0 spiro atoms. The zero-order valence-electron chi connectivity index (χ0n) is 22.9. The zero-order valence-corrected chi connectivity index (χ0v) is 26.0. The molecule has 1 aliphatic carbocycles. The Bertz CT molecular complexity index is 1540. The van der Waals surface area contributed by atoms with Gasteiger partial charge in [-0.05, 0) is 36.6 Å². The smallest absolute Gasteiger partial charge is 0.244 e. The maximum absolute atomic E-state index is 14.9. The summed E-state index contributed by atoms with van der Waals surface area (Å²) < 4.78 is 41.6. The Hall–Kier alpha value is -2.85. The van der Waals surface area contributed by atoms with Crippen LogP contribution in [0.1, 0.15) is 36.8 Å². The Morgan fingerprint density at radius 3 is 2.21 bits per heavy atom. The quantitative estimate of drug-likeness (QED) is 0.248.